The van der Waals surface area contributed by atoms with Gasteiger partial charge in [-0.1, -0.05) is 30.3 Å². The highest BCUT2D eigenvalue weighted by atomic mass is 16.3. The Hall–Kier alpha value is -0.900. The summed E-state index contributed by atoms with van der Waals surface area (Å²) in [5, 5.41) is 14.0. The standard InChI is InChI=1S/C17H28N2O/c1-14(2)19-10-9-15(12-19)11-18-13-17(3,20)16-7-5-4-6-8-16/h4-8,14-15,18,20H,9-13H2,1-3H3. The number of likely N-dealkylation sites (tertiary alicyclic amines) is 1. The number of aliphatic hydroxyl groups is 1. The van der Waals surface area contributed by atoms with Gasteiger partial charge in [0.15, 0.2) is 0 Å². The highest BCUT2D eigenvalue weighted by molar-refractivity contribution is 5.21. The Balaban J connectivity index is 1.76. The van der Waals surface area contributed by atoms with E-state index in [9.17, 15) is 5.11 Å². The maximum absolute atomic E-state index is 10.5. The topological polar surface area (TPSA) is 35.5 Å². The van der Waals surface area contributed by atoms with E-state index in [1.807, 2.05) is 37.3 Å². The number of hydrogen-bond acceptors (Lipinski definition) is 3. The molecule has 20 heavy (non-hydrogen) atoms. The van der Waals surface area contributed by atoms with Gasteiger partial charge in [-0.25, -0.2) is 0 Å². The second-order valence-electron chi connectivity index (χ2n) is 6.51. The molecule has 112 valence electrons. The zero-order chi connectivity index (χ0) is 14.6. The third-order valence-corrected chi connectivity index (χ3v) is 4.35. The Morgan fingerprint density at radius 2 is 2.05 bits per heavy atom. The van der Waals surface area contributed by atoms with Crippen molar-refractivity contribution in [3.05, 3.63) is 35.9 Å². The molecule has 1 aromatic carbocycles. The van der Waals surface area contributed by atoms with Gasteiger partial charge >= 0.3 is 0 Å². The molecule has 0 saturated carbocycles. The van der Waals surface area contributed by atoms with Gasteiger partial charge in [-0.05, 0) is 51.8 Å². The first-order valence-electron chi connectivity index (χ1n) is 7.72. The fraction of sp³-hybridized carbons (Fsp3) is 0.647. The molecule has 3 nitrogen and oxygen atoms in total. The Morgan fingerprint density at radius 3 is 2.65 bits per heavy atom. The molecule has 1 fully saturated rings. The van der Waals surface area contributed by atoms with E-state index in [1.165, 1.54) is 19.5 Å². The molecule has 2 N–H and O–H groups in total. The molecule has 1 aromatic rings. The molecule has 0 bridgehead atoms. The molecule has 0 aliphatic carbocycles. The summed E-state index contributed by atoms with van der Waals surface area (Å²) in [6.07, 6.45) is 1.26. The predicted molar refractivity (Wildman–Crippen MR) is 83.7 cm³/mol. The highest BCUT2D eigenvalue weighted by Gasteiger charge is 2.26. The average molecular weight is 276 g/mol. The molecular formula is C17H28N2O. The predicted octanol–water partition coefficient (Wildman–Crippen LogP) is 2.21. The number of hydrogen-bond donors (Lipinski definition) is 2. The van der Waals surface area contributed by atoms with E-state index in [0.717, 1.165) is 12.1 Å². The molecule has 0 amide bonds. The summed E-state index contributed by atoms with van der Waals surface area (Å²) in [4.78, 5) is 2.53. The van der Waals surface area contributed by atoms with Gasteiger partial charge in [0, 0.05) is 19.1 Å². The molecule has 1 heterocycles. The third kappa shape index (κ3) is 4.05. The van der Waals surface area contributed by atoms with Crippen LogP contribution < -0.4 is 5.32 Å². The summed E-state index contributed by atoms with van der Waals surface area (Å²) in [6, 6.07) is 10.5. The van der Waals surface area contributed by atoms with Crippen LogP contribution in [0.4, 0.5) is 0 Å². The lowest BCUT2D eigenvalue weighted by Crippen LogP contribution is -2.38. The van der Waals surface area contributed by atoms with Gasteiger partial charge in [0.25, 0.3) is 0 Å². The first kappa shape index (κ1) is 15.5. The van der Waals surface area contributed by atoms with E-state index in [2.05, 4.69) is 24.1 Å². The molecule has 1 aliphatic rings. The number of benzene rings is 1. The summed E-state index contributed by atoms with van der Waals surface area (Å²) < 4.78 is 0. The van der Waals surface area contributed by atoms with Crippen LogP contribution in [0.5, 0.6) is 0 Å². The van der Waals surface area contributed by atoms with Crippen LogP contribution in [0.15, 0.2) is 30.3 Å². The average Bonchev–Trinajstić information content (AvgIpc) is 2.89. The van der Waals surface area contributed by atoms with Gasteiger partial charge in [-0.3, -0.25) is 0 Å². The quantitative estimate of drug-likeness (QED) is 0.836. The summed E-state index contributed by atoms with van der Waals surface area (Å²) in [6.45, 7) is 10.4. The molecule has 0 aromatic heterocycles. The molecule has 2 atom stereocenters. The largest absolute Gasteiger partial charge is 0.384 e. The monoisotopic (exact) mass is 276 g/mol. The van der Waals surface area contributed by atoms with E-state index >= 15 is 0 Å². The van der Waals surface area contributed by atoms with E-state index < -0.39 is 5.60 Å². The Labute approximate surface area is 123 Å². The van der Waals surface area contributed by atoms with Crippen molar-refractivity contribution in [3.8, 4) is 0 Å². The van der Waals surface area contributed by atoms with Crippen LogP contribution in [-0.2, 0) is 5.60 Å². The van der Waals surface area contributed by atoms with Crippen LogP contribution in [0.2, 0.25) is 0 Å². The summed E-state index contributed by atoms with van der Waals surface area (Å²) in [5.41, 5.74) is 0.181. The van der Waals surface area contributed by atoms with Crippen molar-refractivity contribution >= 4 is 0 Å². The third-order valence-electron chi connectivity index (χ3n) is 4.35. The molecule has 2 unspecified atom stereocenters. The smallest absolute Gasteiger partial charge is 0.0992 e. The first-order chi connectivity index (χ1) is 9.49. The fourth-order valence-electron chi connectivity index (χ4n) is 2.92. The SMILES string of the molecule is CC(C)N1CCC(CNCC(C)(O)c2ccccc2)C1. The minimum Gasteiger partial charge on any atom is -0.384 e. The van der Waals surface area contributed by atoms with Gasteiger partial charge in [-0.2, -0.15) is 0 Å². The Bertz CT molecular complexity index is 403. The number of nitrogens with one attached hydrogen (secondary N) is 1. The minimum atomic E-state index is -0.794. The zero-order valence-electron chi connectivity index (χ0n) is 13.0. The van der Waals surface area contributed by atoms with Gasteiger partial charge in [-0.15, -0.1) is 0 Å². The fourth-order valence-corrected chi connectivity index (χ4v) is 2.92. The lowest BCUT2D eigenvalue weighted by Gasteiger charge is -2.25. The van der Waals surface area contributed by atoms with E-state index in [1.54, 1.807) is 0 Å². The van der Waals surface area contributed by atoms with Gasteiger partial charge in [0.1, 0.15) is 0 Å². The van der Waals surface area contributed by atoms with Crippen molar-refractivity contribution < 1.29 is 5.11 Å². The van der Waals surface area contributed by atoms with Crippen molar-refractivity contribution in [2.45, 2.75) is 38.8 Å². The maximum atomic E-state index is 10.5. The van der Waals surface area contributed by atoms with Crippen LogP contribution in [0.3, 0.4) is 0 Å². The molecule has 3 heteroatoms. The summed E-state index contributed by atoms with van der Waals surface area (Å²) >= 11 is 0. The zero-order valence-corrected chi connectivity index (χ0v) is 13.0. The lowest BCUT2D eigenvalue weighted by atomic mass is 9.96. The van der Waals surface area contributed by atoms with Crippen LogP contribution in [-0.4, -0.2) is 42.2 Å². The van der Waals surface area contributed by atoms with Crippen molar-refractivity contribution in [2.75, 3.05) is 26.2 Å². The molecule has 2 rings (SSSR count). The molecular weight excluding hydrogens is 248 g/mol. The van der Waals surface area contributed by atoms with E-state index in [-0.39, 0.29) is 0 Å². The molecule has 0 spiro atoms. The minimum absolute atomic E-state index is 0.606. The molecule has 0 radical (unpaired) electrons. The van der Waals surface area contributed by atoms with Gasteiger partial charge < -0.3 is 15.3 Å². The van der Waals surface area contributed by atoms with E-state index in [0.29, 0.717) is 18.5 Å². The summed E-state index contributed by atoms with van der Waals surface area (Å²) in [7, 11) is 0. The van der Waals surface area contributed by atoms with Crippen LogP contribution in [0, 0.1) is 5.92 Å². The van der Waals surface area contributed by atoms with E-state index in [4.69, 9.17) is 0 Å². The number of nitrogens with zero attached hydrogens (tertiary/aromatic N) is 1. The first-order valence-corrected chi connectivity index (χ1v) is 7.72. The van der Waals surface area contributed by atoms with Crippen LogP contribution in [0.25, 0.3) is 0 Å². The Morgan fingerprint density at radius 1 is 1.35 bits per heavy atom. The van der Waals surface area contributed by atoms with Crippen LogP contribution >= 0.6 is 0 Å². The van der Waals surface area contributed by atoms with Crippen molar-refractivity contribution in [2.24, 2.45) is 5.92 Å². The van der Waals surface area contributed by atoms with Crippen molar-refractivity contribution in [1.82, 2.24) is 10.2 Å². The second-order valence-corrected chi connectivity index (χ2v) is 6.51. The Kier molecular flexibility index (Phi) is 5.19. The number of rotatable bonds is 6. The van der Waals surface area contributed by atoms with Crippen molar-refractivity contribution in [1.29, 1.82) is 0 Å². The van der Waals surface area contributed by atoms with Crippen molar-refractivity contribution in [3.63, 3.8) is 0 Å². The lowest BCUT2D eigenvalue weighted by molar-refractivity contribution is 0.0560. The molecule has 1 aliphatic heterocycles. The van der Waals surface area contributed by atoms with Gasteiger partial charge in [0.2, 0.25) is 0 Å². The maximum Gasteiger partial charge on any atom is 0.0992 e. The molecule has 1 saturated heterocycles. The highest BCUT2D eigenvalue weighted by Crippen LogP contribution is 2.20. The van der Waals surface area contributed by atoms with Crippen LogP contribution in [0.1, 0.15) is 32.8 Å². The normalized spacial score (nSPS) is 23.1. The van der Waals surface area contributed by atoms with Gasteiger partial charge in [0.05, 0.1) is 5.60 Å². The second kappa shape index (κ2) is 6.70. The summed E-state index contributed by atoms with van der Waals surface area (Å²) in [5.74, 6) is 0.712.